The molecule has 3 aromatic rings. The van der Waals surface area contributed by atoms with E-state index in [1.54, 1.807) is 31.3 Å². The first-order chi connectivity index (χ1) is 12.0. The molecule has 9 heteroatoms. The number of rotatable bonds is 4. The number of hydrogen-bond donors (Lipinski definition) is 4. The third kappa shape index (κ3) is 3.46. The number of nitrogens with zero attached hydrogens (tertiary/aromatic N) is 2. The first-order valence-electron chi connectivity index (χ1n) is 7.29. The maximum absolute atomic E-state index is 14.1. The van der Waals surface area contributed by atoms with Gasteiger partial charge in [-0.2, -0.15) is 0 Å². The Bertz CT molecular complexity index is 957. The van der Waals surface area contributed by atoms with Crippen LogP contribution in [0.25, 0.3) is 11.0 Å². The number of benzene rings is 2. The fourth-order valence-electron chi connectivity index (χ4n) is 2.41. The van der Waals surface area contributed by atoms with Gasteiger partial charge in [-0.15, -0.1) is 0 Å². The van der Waals surface area contributed by atoms with Crippen molar-refractivity contribution < 1.29 is 14.0 Å². The number of nitrogens with one attached hydrogen (secondary N) is 3. The van der Waals surface area contributed by atoms with E-state index in [1.165, 1.54) is 0 Å². The van der Waals surface area contributed by atoms with E-state index in [0.717, 1.165) is 6.07 Å². The van der Waals surface area contributed by atoms with Crippen molar-refractivity contribution in [3.63, 3.8) is 0 Å². The van der Waals surface area contributed by atoms with Crippen molar-refractivity contribution in [1.29, 1.82) is 0 Å². The largest absolute Gasteiger partial charge is 0.340 e. The summed E-state index contributed by atoms with van der Waals surface area (Å²) in [5.74, 6) is -1.83. The molecule has 0 fully saturated rings. The normalized spacial score (nSPS) is 12.0. The maximum atomic E-state index is 14.1. The van der Waals surface area contributed by atoms with E-state index >= 15 is 0 Å². The maximum Gasteiger partial charge on any atom is 0.186 e. The van der Waals surface area contributed by atoms with Gasteiger partial charge in [-0.3, -0.25) is 10.7 Å². The fraction of sp³-hybridized carbons (Fsp3) is 0.125. The summed E-state index contributed by atoms with van der Waals surface area (Å²) in [6, 6.07) is 7.50. The zero-order valence-corrected chi connectivity index (χ0v) is 13.8. The molecular formula is C16H14ClF2N5O. The first-order valence-corrected chi connectivity index (χ1v) is 7.67. The second-order valence-electron chi connectivity index (χ2n) is 5.21. The molecule has 0 aliphatic rings. The van der Waals surface area contributed by atoms with Gasteiger partial charge in [0.05, 0.1) is 17.7 Å². The summed E-state index contributed by atoms with van der Waals surface area (Å²) < 4.78 is 28.0. The summed E-state index contributed by atoms with van der Waals surface area (Å²) in [6.45, 7) is 0.336. The molecular weight excluding hydrogens is 352 g/mol. The van der Waals surface area contributed by atoms with E-state index in [-0.39, 0.29) is 22.4 Å². The lowest BCUT2D eigenvalue weighted by Gasteiger charge is -2.07. The molecule has 130 valence electrons. The van der Waals surface area contributed by atoms with Crippen LogP contribution in [0.4, 0.5) is 14.5 Å². The molecule has 6 nitrogen and oxygen atoms in total. The first kappa shape index (κ1) is 17.3. The molecule has 1 heterocycles. The van der Waals surface area contributed by atoms with Crippen LogP contribution < -0.4 is 10.8 Å². The van der Waals surface area contributed by atoms with E-state index in [4.69, 9.17) is 11.6 Å². The van der Waals surface area contributed by atoms with Crippen LogP contribution in [0.5, 0.6) is 0 Å². The molecule has 0 amide bonds. The molecule has 0 aliphatic heterocycles. The smallest absolute Gasteiger partial charge is 0.186 e. The van der Waals surface area contributed by atoms with E-state index < -0.39 is 11.6 Å². The number of hydroxylamine groups is 1. The Labute approximate surface area is 146 Å². The summed E-state index contributed by atoms with van der Waals surface area (Å²) in [7, 11) is 1.70. The molecule has 0 radical (unpaired) electrons. The average molecular weight is 366 g/mol. The third-order valence-corrected chi connectivity index (χ3v) is 3.70. The molecule has 0 aliphatic carbocycles. The van der Waals surface area contributed by atoms with Crippen LogP contribution in [-0.4, -0.2) is 28.1 Å². The lowest BCUT2D eigenvalue weighted by atomic mass is 10.1. The van der Waals surface area contributed by atoms with Crippen molar-refractivity contribution in [1.82, 2.24) is 20.8 Å². The van der Waals surface area contributed by atoms with Crippen LogP contribution >= 0.6 is 11.6 Å². The van der Waals surface area contributed by atoms with Gasteiger partial charge in [0.25, 0.3) is 0 Å². The van der Waals surface area contributed by atoms with E-state index in [2.05, 4.69) is 20.3 Å². The lowest BCUT2D eigenvalue weighted by molar-refractivity contribution is 0.235. The Hall–Kier alpha value is -2.55. The van der Waals surface area contributed by atoms with Gasteiger partial charge >= 0.3 is 0 Å². The summed E-state index contributed by atoms with van der Waals surface area (Å²) in [5, 5.41) is 12.8. The Morgan fingerprint density at radius 3 is 2.84 bits per heavy atom. The number of aromatic nitrogens is 2. The minimum absolute atomic E-state index is 0.0779. The summed E-state index contributed by atoms with van der Waals surface area (Å²) in [5.41, 5.74) is 2.52. The standard InChI is InChI=1S/C16H14ClF2N5O/c1-20-7-12-22-14-10(6-11(18)13(19)15(14)23-12)16(24-25)21-9-4-2-3-8(17)5-9/h2-6,20,25H,7H2,1H3,(H,21,24)(H,22,23). The predicted octanol–water partition coefficient (Wildman–Crippen LogP) is 3.27. The van der Waals surface area contributed by atoms with E-state index in [1.807, 2.05) is 5.48 Å². The Morgan fingerprint density at radius 2 is 2.16 bits per heavy atom. The van der Waals surface area contributed by atoms with Crippen LogP contribution in [0.1, 0.15) is 11.4 Å². The number of halogens is 3. The van der Waals surface area contributed by atoms with Gasteiger partial charge in [0.2, 0.25) is 0 Å². The molecule has 4 N–H and O–H groups in total. The van der Waals surface area contributed by atoms with Gasteiger partial charge in [-0.05, 0) is 31.3 Å². The quantitative estimate of drug-likeness (QED) is 0.325. The molecule has 0 bridgehead atoms. The number of hydrogen-bond acceptors (Lipinski definition) is 4. The topological polar surface area (TPSA) is 85.3 Å². The number of fused-ring (bicyclic) bond motifs is 1. The average Bonchev–Trinajstić information content (AvgIpc) is 3.01. The highest BCUT2D eigenvalue weighted by molar-refractivity contribution is 6.30. The molecule has 0 unspecified atom stereocenters. The van der Waals surface area contributed by atoms with Crippen LogP contribution in [0.2, 0.25) is 5.02 Å². The zero-order chi connectivity index (χ0) is 18.0. The highest BCUT2D eigenvalue weighted by atomic mass is 35.5. The molecule has 2 aromatic carbocycles. The SMILES string of the molecule is CNCc1nc2c(F)c(F)cc(C(=Nc3cccc(Cl)c3)NO)c2[nH]1. The molecule has 0 saturated carbocycles. The second-order valence-corrected chi connectivity index (χ2v) is 5.65. The zero-order valence-electron chi connectivity index (χ0n) is 13.1. The minimum atomic E-state index is -1.10. The van der Waals surface area contributed by atoms with Gasteiger partial charge in [0.15, 0.2) is 17.5 Å². The number of aromatic amines is 1. The monoisotopic (exact) mass is 365 g/mol. The molecule has 1 aromatic heterocycles. The van der Waals surface area contributed by atoms with Gasteiger partial charge < -0.3 is 10.3 Å². The van der Waals surface area contributed by atoms with Crippen molar-refractivity contribution in [2.75, 3.05) is 7.05 Å². The van der Waals surface area contributed by atoms with Crippen LogP contribution in [0.15, 0.2) is 35.3 Å². The summed E-state index contributed by atoms with van der Waals surface area (Å²) in [6.07, 6.45) is 0. The Kier molecular flexibility index (Phi) is 4.93. The van der Waals surface area contributed by atoms with E-state index in [0.29, 0.717) is 23.1 Å². The molecule has 3 rings (SSSR count). The molecule has 25 heavy (non-hydrogen) atoms. The molecule has 0 spiro atoms. The number of imidazole rings is 1. The number of aliphatic imine (C=N–C) groups is 1. The third-order valence-electron chi connectivity index (χ3n) is 3.47. The van der Waals surface area contributed by atoms with Gasteiger partial charge in [0.1, 0.15) is 11.3 Å². The number of H-pyrrole nitrogens is 1. The summed E-state index contributed by atoms with van der Waals surface area (Å²) >= 11 is 5.91. The minimum Gasteiger partial charge on any atom is -0.340 e. The second kappa shape index (κ2) is 7.14. The van der Waals surface area contributed by atoms with Crippen LogP contribution in [-0.2, 0) is 6.54 Å². The lowest BCUT2D eigenvalue weighted by Crippen LogP contribution is -2.21. The van der Waals surface area contributed by atoms with Gasteiger partial charge in [-0.1, -0.05) is 17.7 Å². The van der Waals surface area contributed by atoms with Crippen LogP contribution in [0.3, 0.4) is 0 Å². The van der Waals surface area contributed by atoms with Crippen molar-refractivity contribution in [3.8, 4) is 0 Å². The van der Waals surface area contributed by atoms with Crippen molar-refractivity contribution >= 4 is 34.2 Å². The predicted molar refractivity (Wildman–Crippen MR) is 91.3 cm³/mol. The van der Waals surface area contributed by atoms with E-state index in [9.17, 15) is 14.0 Å². The van der Waals surface area contributed by atoms with Gasteiger partial charge in [0, 0.05) is 10.6 Å². The van der Waals surface area contributed by atoms with Gasteiger partial charge in [-0.25, -0.2) is 18.8 Å². The number of amidine groups is 1. The van der Waals surface area contributed by atoms with Crippen molar-refractivity contribution in [3.05, 3.63) is 58.4 Å². The van der Waals surface area contributed by atoms with Crippen molar-refractivity contribution in [2.24, 2.45) is 4.99 Å². The highest BCUT2D eigenvalue weighted by Crippen LogP contribution is 2.25. The Balaban J connectivity index is 2.19. The molecule has 0 saturated heterocycles. The highest BCUT2D eigenvalue weighted by Gasteiger charge is 2.19. The fourth-order valence-corrected chi connectivity index (χ4v) is 2.59. The van der Waals surface area contributed by atoms with Crippen molar-refractivity contribution in [2.45, 2.75) is 6.54 Å². The molecule has 0 atom stereocenters. The van der Waals surface area contributed by atoms with Crippen LogP contribution in [0, 0.1) is 11.6 Å². The Morgan fingerprint density at radius 1 is 1.36 bits per heavy atom. The summed E-state index contributed by atoms with van der Waals surface area (Å²) in [4.78, 5) is 11.2.